The highest BCUT2D eigenvalue weighted by atomic mass is 79.9. The Morgan fingerprint density at radius 3 is 2.40 bits per heavy atom. The summed E-state index contributed by atoms with van der Waals surface area (Å²) in [5, 5.41) is 0. The molecule has 2 unspecified atom stereocenters. The largest absolute Gasteiger partial charge is 0.298 e. The van der Waals surface area contributed by atoms with E-state index in [1.807, 2.05) is 13.8 Å². The number of allylic oxidation sites excluding steroid dienone is 1. The van der Waals surface area contributed by atoms with Crippen molar-refractivity contribution in [2.75, 3.05) is 0 Å². The quantitative estimate of drug-likeness (QED) is 0.541. The van der Waals surface area contributed by atoms with E-state index < -0.39 is 0 Å². The Morgan fingerprint density at radius 2 is 2.07 bits per heavy atom. The van der Waals surface area contributed by atoms with Gasteiger partial charge in [-0.1, -0.05) is 77.6 Å². The molecule has 0 amide bonds. The fourth-order valence-electron chi connectivity index (χ4n) is 1.62. The van der Waals surface area contributed by atoms with Crippen molar-refractivity contribution >= 4 is 37.6 Å². The molecule has 1 aliphatic rings. The number of carbonyl (C=O) groups is 1. The number of ketones is 1. The number of carbonyl (C=O) groups excluding carboxylic acids is 1. The van der Waals surface area contributed by atoms with Crippen LogP contribution in [0, 0.1) is 0 Å². The molecular weight excluding hydrogens is 320 g/mol. The molecule has 1 aliphatic carbocycles. The minimum Gasteiger partial charge on any atom is -0.298 e. The Balaban J connectivity index is 0.000000921. The van der Waals surface area contributed by atoms with Gasteiger partial charge in [0.25, 0.3) is 0 Å². The van der Waals surface area contributed by atoms with Crippen molar-refractivity contribution < 1.29 is 4.79 Å². The van der Waals surface area contributed by atoms with Crippen LogP contribution in [-0.2, 0) is 4.79 Å². The molecule has 0 aromatic heterocycles. The summed E-state index contributed by atoms with van der Waals surface area (Å²) in [5.41, 5.74) is 1.02. The van der Waals surface area contributed by atoms with Crippen LogP contribution in [0.15, 0.2) is 12.2 Å². The molecule has 0 bridgehead atoms. The summed E-state index contributed by atoms with van der Waals surface area (Å²) in [6.07, 6.45) is 3.78. The fourth-order valence-corrected chi connectivity index (χ4v) is 3.01. The van der Waals surface area contributed by atoms with Gasteiger partial charge < -0.3 is 0 Å². The highest BCUT2D eigenvalue weighted by Gasteiger charge is 2.47. The van der Waals surface area contributed by atoms with E-state index in [-0.39, 0.29) is 14.9 Å². The first-order chi connectivity index (χ1) is 7.02. The second kappa shape index (κ2) is 6.85. The van der Waals surface area contributed by atoms with Crippen molar-refractivity contribution in [3.8, 4) is 0 Å². The summed E-state index contributed by atoms with van der Waals surface area (Å²) in [6.45, 7) is 10.1. The summed E-state index contributed by atoms with van der Waals surface area (Å²) in [6, 6.07) is 0. The Hall–Kier alpha value is 0.370. The topological polar surface area (TPSA) is 17.1 Å². The Kier molecular flexibility index (Phi) is 7.02. The molecule has 0 N–H and O–H groups in total. The van der Waals surface area contributed by atoms with Gasteiger partial charge in [0.05, 0.1) is 9.15 Å². The second-order valence-electron chi connectivity index (χ2n) is 3.58. The Labute approximate surface area is 110 Å². The number of halogens is 2. The van der Waals surface area contributed by atoms with Gasteiger partial charge in [0, 0.05) is 6.42 Å². The van der Waals surface area contributed by atoms with Crippen LogP contribution in [0.2, 0.25) is 0 Å². The summed E-state index contributed by atoms with van der Waals surface area (Å²) in [7, 11) is 0. The molecule has 1 rings (SSSR count). The molecule has 88 valence electrons. The van der Waals surface area contributed by atoms with Crippen molar-refractivity contribution in [1.29, 1.82) is 0 Å². The first-order valence-corrected chi connectivity index (χ1v) is 7.27. The number of rotatable bonds is 3. The third kappa shape index (κ3) is 3.42. The highest BCUT2D eigenvalue weighted by Crippen LogP contribution is 2.46. The lowest BCUT2D eigenvalue weighted by Crippen LogP contribution is -2.30. The van der Waals surface area contributed by atoms with Crippen LogP contribution in [0.25, 0.3) is 0 Å². The van der Waals surface area contributed by atoms with Gasteiger partial charge in [0.15, 0.2) is 5.78 Å². The van der Waals surface area contributed by atoms with Gasteiger partial charge in [0.1, 0.15) is 0 Å². The van der Waals surface area contributed by atoms with Gasteiger partial charge in [-0.15, -0.1) is 0 Å². The van der Waals surface area contributed by atoms with Gasteiger partial charge in [-0.25, -0.2) is 0 Å². The molecule has 2 atom stereocenters. The summed E-state index contributed by atoms with van der Waals surface area (Å²) >= 11 is 7.09. The van der Waals surface area contributed by atoms with Crippen molar-refractivity contribution in [1.82, 2.24) is 0 Å². The van der Waals surface area contributed by atoms with Gasteiger partial charge >= 0.3 is 0 Å². The van der Waals surface area contributed by atoms with Crippen LogP contribution in [0.4, 0.5) is 0 Å². The second-order valence-corrected chi connectivity index (χ2v) is 5.91. The van der Waals surface area contributed by atoms with Crippen LogP contribution >= 0.6 is 31.9 Å². The monoisotopic (exact) mass is 338 g/mol. The normalized spacial score (nSPS) is 30.1. The Bertz CT molecular complexity index is 238. The number of unbranched alkanes of at least 4 members (excludes halogenated alkanes) is 1. The third-order valence-electron chi connectivity index (χ3n) is 2.55. The van der Waals surface area contributed by atoms with Crippen molar-refractivity contribution in [3.63, 3.8) is 0 Å². The van der Waals surface area contributed by atoms with Crippen LogP contribution in [0.5, 0.6) is 0 Å². The lowest BCUT2D eigenvalue weighted by atomic mass is 9.97. The number of hydrogen-bond acceptors (Lipinski definition) is 1. The van der Waals surface area contributed by atoms with Gasteiger partial charge in [0.2, 0.25) is 0 Å². The standard InChI is InChI=1S/C10H14Br2O.C2H6/c1-3-4-5-10(12)7(2)6-8(13)9(10)11;1-2/h9H,2-6H2,1H3;1-2H3. The molecular formula is C12H20Br2O. The molecule has 0 radical (unpaired) electrons. The molecule has 0 heterocycles. The minimum atomic E-state index is -0.180. The molecule has 1 nitrogen and oxygen atoms in total. The van der Waals surface area contributed by atoms with E-state index in [1.54, 1.807) is 0 Å². The van der Waals surface area contributed by atoms with E-state index in [1.165, 1.54) is 0 Å². The summed E-state index contributed by atoms with van der Waals surface area (Å²) in [5.74, 6) is 0.248. The third-order valence-corrected chi connectivity index (χ3v) is 5.88. The van der Waals surface area contributed by atoms with Gasteiger partial charge in [-0.3, -0.25) is 4.79 Å². The summed E-state index contributed by atoms with van der Waals surface area (Å²) < 4.78 is -0.180. The van der Waals surface area contributed by atoms with Gasteiger partial charge in [-0.2, -0.15) is 0 Å². The van der Waals surface area contributed by atoms with Crippen LogP contribution in [0.3, 0.4) is 0 Å². The SMILES string of the molecule is C=C1CC(=O)C(Br)C1(Br)CCCC.CC. The van der Waals surface area contributed by atoms with E-state index in [0.717, 1.165) is 24.8 Å². The van der Waals surface area contributed by atoms with E-state index in [9.17, 15) is 4.79 Å². The average molecular weight is 340 g/mol. The molecule has 1 saturated carbocycles. The maximum atomic E-state index is 11.4. The predicted molar refractivity (Wildman–Crippen MR) is 74.0 cm³/mol. The predicted octanol–water partition coefficient (Wildman–Crippen LogP) is 4.63. The Morgan fingerprint density at radius 1 is 1.53 bits per heavy atom. The molecule has 15 heavy (non-hydrogen) atoms. The first-order valence-electron chi connectivity index (χ1n) is 5.56. The van der Waals surface area contributed by atoms with Crippen molar-refractivity contribution in [2.45, 2.75) is 55.6 Å². The van der Waals surface area contributed by atoms with Crippen LogP contribution in [0.1, 0.15) is 46.5 Å². The molecule has 0 aliphatic heterocycles. The van der Waals surface area contributed by atoms with Crippen LogP contribution < -0.4 is 0 Å². The molecule has 0 saturated heterocycles. The van der Waals surface area contributed by atoms with E-state index in [2.05, 4.69) is 45.4 Å². The van der Waals surface area contributed by atoms with E-state index in [0.29, 0.717) is 6.42 Å². The van der Waals surface area contributed by atoms with Crippen LogP contribution in [-0.4, -0.2) is 14.9 Å². The zero-order valence-electron chi connectivity index (χ0n) is 9.78. The van der Waals surface area contributed by atoms with Crippen molar-refractivity contribution in [3.05, 3.63) is 12.2 Å². The molecule has 0 aromatic rings. The smallest absolute Gasteiger partial charge is 0.152 e. The molecule has 0 aromatic carbocycles. The summed E-state index contributed by atoms with van der Waals surface area (Å²) in [4.78, 5) is 11.3. The van der Waals surface area contributed by atoms with Crippen molar-refractivity contribution in [2.24, 2.45) is 0 Å². The zero-order valence-corrected chi connectivity index (χ0v) is 12.9. The lowest BCUT2D eigenvalue weighted by Gasteiger charge is -2.25. The highest BCUT2D eigenvalue weighted by molar-refractivity contribution is 9.13. The van der Waals surface area contributed by atoms with E-state index in [4.69, 9.17) is 0 Å². The molecule has 3 heteroatoms. The molecule has 1 fully saturated rings. The minimum absolute atomic E-state index is 0.0842. The number of hydrogen-bond donors (Lipinski definition) is 0. The fraction of sp³-hybridized carbons (Fsp3) is 0.750. The first kappa shape index (κ1) is 15.4. The average Bonchev–Trinajstić information content (AvgIpc) is 2.44. The lowest BCUT2D eigenvalue weighted by molar-refractivity contribution is -0.116. The zero-order chi connectivity index (χ0) is 12.1. The number of Topliss-reactive ketones (excluding diaryl/α,β-unsaturated/α-hetero) is 1. The molecule has 0 spiro atoms. The maximum Gasteiger partial charge on any atom is 0.152 e. The van der Waals surface area contributed by atoms with E-state index >= 15 is 0 Å². The number of alkyl halides is 2. The van der Waals surface area contributed by atoms with Gasteiger partial charge in [-0.05, 0) is 6.42 Å². The maximum absolute atomic E-state index is 11.4.